The third-order valence-electron chi connectivity index (χ3n) is 2.59. The Bertz CT molecular complexity index is 289. The molecule has 0 radical (unpaired) electrons. The number of thiol groups is 1. The number of rotatable bonds is 3. The van der Waals surface area contributed by atoms with Gasteiger partial charge in [0.25, 0.3) is 0 Å². The summed E-state index contributed by atoms with van der Waals surface area (Å²) < 4.78 is 0. The molecule has 0 amide bonds. The molecular formula is C12H18S. The van der Waals surface area contributed by atoms with Gasteiger partial charge in [0, 0.05) is 5.75 Å². The molecule has 0 atom stereocenters. The topological polar surface area (TPSA) is 0 Å². The Hall–Kier alpha value is -0.430. The van der Waals surface area contributed by atoms with Gasteiger partial charge in [-0.15, -0.1) is 0 Å². The van der Waals surface area contributed by atoms with Crippen LogP contribution in [-0.4, -0.2) is 0 Å². The highest BCUT2D eigenvalue weighted by atomic mass is 32.1. The van der Waals surface area contributed by atoms with Gasteiger partial charge in [0.05, 0.1) is 0 Å². The number of aryl methyl sites for hydroxylation is 3. The molecule has 0 N–H and O–H groups in total. The number of hydrogen-bond acceptors (Lipinski definition) is 1. The summed E-state index contributed by atoms with van der Waals surface area (Å²) >= 11 is 4.35. The van der Waals surface area contributed by atoms with Crippen LogP contribution in [0.1, 0.15) is 36.1 Å². The number of hydrogen-bond donors (Lipinski definition) is 1. The van der Waals surface area contributed by atoms with E-state index in [1.165, 1.54) is 22.3 Å². The average molecular weight is 194 g/mol. The second kappa shape index (κ2) is 4.71. The minimum Gasteiger partial charge on any atom is -0.175 e. The molecule has 1 aromatic rings. The highest BCUT2D eigenvalue weighted by Gasteiger charge is 2.03. The SMILES string of the molecule is CCc1cc(CS)c(CC)cc1C. The zero-order chi connectivity index (χ0) is 9.84. The Kier molecular flexibility index (Phi) is 3.86. The molecule has 0 aliphatic rings. The van der Waals surface area contributed by atoms with Crippen LogP contribution in [0.2, 0.25) is 0 Å². The molecule has 0 aliphatic heterocycles. The van der Waals surface area contributed by atoms with E-state index in [1.807, 2.05) is 0 Å². The Morgan fingerprint density at radius 2 is 1.62 bits per heavy atom. The molecule has 1 heteroatoms. The lowest BCUT2D eigenvalue weighted by atomic mass is 9.97. The van der Waals surface area contributed by atoms with E-state index >= 15 is 0 Å². The third kappa shape index (κ3) is 2.28. The molecule has 0 saturated carbocycles. The van der Waals surface area contributed by atoms with Gasteiger partial charge in [-0.05, 0) is 42.0 Å². The molecule has 13 heavy (non-hydrogen) atoms. The minimum atomic E-state index is 0.858. The molecule has 0 spiro atoms. The molecule has 0 aliphatic carbocycles. The fraction of sp³-hybridized carbons (Fsp3) is 0.500. The van der Waals surface area contributed by atoms with Crippen molar-refractivity contribution < 1.29 is 0 Å². The van der Waals surface area contributed by atoms with Crippen molar-refractivity contribution in [3.05, 3.63) is 34.4 Å². The summed E-state index contributed by atoms with van der Waals surface area (Å²) in [7, 11) is 0. The fourth-order valence-electron chi connectivity index (χ4n) is 1.72. The maximum Gasteiger partial charge on any atom is 0.0157 e. The Labute approximate surface area is 86.8 Å². The predicted molar refractivity (Wildman–Crippen MR) is 62.6 cm³/mol. The fourth-order valence-corrected chi connectivity index (χ4v) is 2.02. The molecule has 0 saturated heterocycles. The minimum absolute atomic E-state index is 0.858. The van der Waals surface area contributed by atoms with Crippen molar-refractivity contribution in [3.63, 3.8) is 0 Å². The van der Waals surface area contributed by atoms with Crippen LogP contribution >= 0.6 is 12.6 Å². The summed E-state index contributed by atoms with van der Waals surface area (Å²) in [4.78, 5) is 0. The first-order valence-electron chi connectivity index (χ1n) is 4.95. The summed E-state index contributed by atoms with van der Waals surface area (Å²) in [6, 6.07) is 4.62. The van der Waals surface area contributed by atoms with E-state index in [1.54, 1.807) is 0 Å². The first kappa shape index (κ1) is 10.6. The summed E-state index contributed by atoms with van der Waals surface area (Å²) in [6.07, 6.45) is 2.23. The van der Waals surface area contributed by atoms with E-state index in [2.05, 4.69) is 45.5 Å². The highest BCUT2D eigenvalue weighted by molar-refractivity contribution is 7.79. The quantitative estimate of drug-likeness (QED) is 0.699. The largest absolute Gasteiger partial charge is 0.175 e. The Balaban J connectivity index is 3.18. The van der Waals surface area contributed by atoms with Crippen molar-refractivity contribution in [2.24, 2.45) is 0 Å². The van der Waals surface area contributed by atoms with Crippen molar-refractivity contribution in [1.29, 1.82) is 0 Å². The van der Waals surface area contributed by atoms with Gasteiger partial charge in [-0.3, -0.25) is 0 Å². The molecule has 1 aromatic carbocycles. The van der Waals surface area contributed by atoms with Gasteiger partial charge >= 0.3 is 0 Å². The zero-order valence-electron chi connectivity index (χ0n) is 8.72. The van der Waals surface area contributed by atoms with Crippen LogP contribution in [0.4, 0.5) is 0 Å². The monoisotopic (exact) mass is 194 g/mol. The van der Waals surface area contributed by atoms with Crippen LogP contribution in [0.25, 0.3) is 0 Å². The van der Waals surface area contributed by atoms with Crippen molar-refractivity contribution >= 4 is 12.6 Å². The third-order valence-corrected chi connectivity index (χ3v) is 2.93. The lowest BCUT2D eigenvalue weighted by Crippen LogP contribution is -1.95. The summed E-state index contributed by atoms with van der Waals surface area (Å²) in [5.74, 6) is 0.858. The first-order valence-corrected chi connectivity index (χ1v) is 5.58. The standard InChI is InChI=1S/C12H18S/c1-4-10-7-12(8-13)11(5-2)6-9(10)3/h6-7,13H,4-5,8H2,1-3H3. The van der Waals surface area contributed by atoms with E-state index in [-0.39, 0.29) is 0 Å². The molecular weight excluding hydrogens is 176 g/mol. The molecule has 72 valence electrons. The van der Waals surface area contributed by atoms with Gasteiger partial charge in [0.1, 0.15) is 0 Å². The molecule has 0 unspecified atom stereocenters. The van der Waals surface area contributed by atoms with Crippen molar-refractivity contribution in [2.75, 3.05) is 0 Å². The highest BCUT2D eigenvalue weighted by Crippen LogP contribution is 2.19. The van der Waals surface area contributed by atoms with E-state index in [0.717, 1.165) is 18.6 Å². The van der Waals surface area contributed by atoms with E-state index in [0.29, 0.717) is 0 Å². The molecule has 0 heterocycles. The average Bonchev–Trinajstić information content (AvgIpc) is 2.17. The van der Waals surface area contributed by atoms with Gasteiger partial charge in [-0.25, -0.2) is 0 Å². The lowest BCUT2D eigenvalue weighted by molar-refractivity contribution is 1.05. The van der Waals surface area contributed by atoms with E-state index < -0.39 is 0 Å². The lowest BCUT2D eigenvalue weighted by Gasteiger charge is -2.10. The first-order chi connectivity index (χ1) is 6.22. The van der Waals surface area contributed by atoms with Crippen LogP contribution in [-0.2, 0) is 18.6 Å². The maximum atomic E-state index is 4.35. The van der Waals surface area contributed by atoms with Crippen molar-refractivity contribution in [3.8, 4) is 0 Å². The molecule has 0 bridgehead atoms. The zero-order valence-corrected chi connectivity index (χ0v) is 9.62. The van der Waals surface area contributed by atoms with Crippen molar-refractivity contribution in [1.82, 2.24) is 0 Å². The summed E-state index contributed by atoms with van der Waals surface area (Å²) in [6.45, 7) is 6.60. The van der Waals surface area contributed by atoms with E-state index in [4.69, 9.17) is 0 Å². The second-order valence-corrected chi connectivity index (χ2v) is 3.73. The Morgan fingerprint density at radius 3 is 2.08 bits per heavy atom. The van der Waals surface area contributed by atoms with Gasteiger partial charge in [0.15, 0.2) is 0 Å². The molecule has 0 nitrogen and oxygen atoms in total. The maximum absolute atomic E-state index is 4.35. The predicted octanol–water partition coefficient (Wildman–Crippen LogP) is 3.55. The smallest absolute Gasteiger partial charge is 0.0157 e. The van der Waals surface area contributed by atoms with Gasteiger partial charge < -0.3 is 0 Å². The molecule has 1 rings (SSSR count). The van der Waals surface area contributed by atoms with Gasteiger partial charge in [-0.1, -0.05) is 26.0 Å². The second-order valence-electron chi connectivity index (χ2n) is 3.41. The summed E-state index contributed by atoms with van der Waals surface area (Å²) in [5.41, 5.74) is 5.73. The van der Waals surface area contributed by atoms with Gasteiger partial charge in [-0.2, -0.15) is 12.6 Å². The van der Waals surface area contributed by atoms with Crippen LogP contribution in [0.15, 0.2) is 12.1 Å². The van der Waals surface area contributed by atoms with Crippen LogP contribution in [0, 0.1) is 6.92 Å². The van der Waals surface area contributed by atoms with Crippen molar-refractivity contribution in [2.45, 2.75) is 39.4 Å². The normalized spacial score (nSPS) is 10.5. The van der Waals surface area contributed by atoms with E-state index in [9.17, 15) is 0 Å². The van der Waals surface area contributed by atoms with Crippen LogP contribution in [0.5, 0.6) is 0 Å². The number of benzene rings is 1. The van der Waals surface area contributed by atoms with Crippen LogP contribution in [0.3, 0.4) is 0 Å². The van der Waals surface area contributed by atoms with Crippen LogP contribution < -0.4 is 0 Å². The summed E-state index contributed by atoms with van der Waals surface area (Å²) in [5, 5.41) is 0. The molecule has 0 fully saturated rings. The Morgan fingerprint density at radius 1 is 1.00 bits per heavy atom. The molecule has 0 aromatic heterocycles. The van der Waals surface area contributed by atoms with Gasteiger partial charge in [0.2, 0.25) is 0 Å².